The average molecular weight is 652 g/mol. The molecule has 1 atom stereocenters. The van der Waals surface area contributed by atoms with E-state index in [1.165, 1.54) is 23.8 Å². The van der Waals surface area contributed by atoms with Crippen LogP contribution in [0, 0.1) is 21.0 Å². The normalized spacial score (nSPS) is 19.0. The second kappa shape index (κ2) is 12.1. The van der Waals surface area contributed by atoms with Crippen LogP contribution in [0.3, 0.4) is 0 Å². The van der Waals surface area contributed by atoms with Crippen molar-refractivity contribution in [2.75, 3.05) is 38.0 Å². The lowest BCUT2D eigenvalue weighted by Gasteiger charge is -2.49. The van der Waals surface area contributed by atoms with Gasteiger partial charge in [0.15, 0.2) is 11.6 Å². The Labute approximate surface area is 240 Å². The molecule has 2 saturated heterocycles. The predicted molar refractivity (Wildman–Crippen MR) is 153 cm³/mol. The molecule has 0 aliphatic carbocycles. The Kier molecular flexibility index (Phi) is 8.79. The number of benzene rings is 3. The first-order chi connectivity index (χ1) is 18.7. The monoisotopic (exact) mass is 652 g/mol. The molecule has 0 spiro atoms. The fraction of sp³-hybridized carbons (Fsp3) is 0.379. The molecule has 0 bridgehead atoms. The highest BCUT2D eigenvalue weighted by Crippen LogP contribution is 2.36. The molecule has 0 radical (unpaired) electrons. The first-order valence-corrected chi connectivity index (χ1v) is 14.1. The van der Waals surface area contributed by atoms with Gasteiger partial charge in [-0.1, -0.05) is 30.3 Å². The third-order valence-corrected chi connectivity index (χ3v) is 8.16. The number of aliphatic hydroxyl groups is 2. The Hall–Kier alpha value is -2.22. The van der Waals surface area contributed by atoms with E-state index in [4.69, 9.17) is 0 Å². The third-order valence-electron chi connectivity index (χ3n) is 7.49. The summed E-state index contributed by atoms with van der Waals surface area (Å²) in [6.07, 6.45) is 0.652. The minimum absolute atomic E-state index is 0.0347. The molecular weight excluding hydrogens is 620 g/mol. The Morgan fingerprint density at radius 2 is 1.69 bits per heavy atom. The number of β-amino-alcohol motifs (C(OH)–C–C–N with tert-alkyl or cyclic N) is 1. The fourth-order valence-corrected chi connectivity index (χ4v) is 5.75. The van der Waals surface area contributed by atoms with E-state index in [2.05, 4.69) is 39.8 Å². The Bertz CT molecular complexity index is 1290. The van der Waals surface area contributed by atoms with Crippen LogP contribution in [0.2, 0.25) is 0 Å². The van der Waals surface area contributed by atoms with Gasteiger partial charge in [0, 0.05) is 41.4 Å². The van der Waals surface area contributed by atoms with Crippen molar-refractivity contribution in [2.24, 2.45) is 0 Å². The van der Waals surface area contributed by atoms with Gasteiger partial charge in [0.25, 0.3) is 0 Å². The van der Waals surface area contributed by atoms with Gasteiger partial charge in [-0.05, 0) is 84.4 Å². The van der Waals surface area contributed by atoms with Crippen LogP contribution in [0.4, 0.5) is 24.5 Å². The van der Waals surface area contributed by atoms with Gasteiger partial charge in [0.05, 0.1) is 11.4 Å². The lowest BCUT2D eigenvalue weighted by atomic mass is 9.91. The van der Waals surface area contributed by atoms with Crippen molar-refractivity contribution in [3.8, 4) is 0 Å². The maximum absolute atomic E-state index is 14.8. The van der Waals surface area contributed by atoms with E-state index in [1.807, 2.05) is 28.7 Å². The molecule has 1 unspecified atom stereocenters. The van der Waals surface area contributed by atoms with Crippen LogP contribution in [0.15, 0.2) is 60.7 Å². The van der Waals surface area contributed by atoms with Gasteiger partial charge >= 0.3 is 0 Å². The van der Waals surface area contributed by atoms with Crippen LogP contribution in [0.5, 0.6) is 0 Å². The number of nitrogens with one attached hydrogen (secondary N) is 2. The van der Waals surface area contributed by atoms with E-state index in [0.717, 1.165) is 38.5 Å². The predicted octanol–water partition coefficient (Wildman–Crippen LogP) is 4.74. The minimum Gasteiger partial charge on any atom is -0.386 e. The number of hydrogen-bond donors (Lipinski definition) is 4. The summed E-state index contributed by atoms with van der Waals surface area (Å²) >= 11 is 1.95. The lowest BCUT2D eigenvalue weighted by molar-refractivity contribution is -0.161. The molecule has 0 aromatic heterocycles. The van der Waals surface area contributed by atoms with Gasteiger partial charge in [-0.2, -0.15) is 0 Å². The number of nitrogens with zero attached hydrogens (tertiary/aromatic N) is 2. The number of rotatable bonds is 9. The summed E-state index contributed by atoms with van der Waals surface area (Å²) in [7, 11) is 0. The number of aliphatic hydroxyl groups excluding tert-OH is 1. The quantitative estimate of drug-likeness (QED) is 0.251. The Morgan fingerprint density at radius 1 is 0.974 bits per heavy atom. The topological polar surface area (TPSA) is 71.0 Å². The molecule has 39 heavy (non-hydrogen) atoms. The highest BCUT2D eigenvalue weighted by atomic mass is 127. The molecule has 10 heteroatoms. The maximum Gasteiger partial charge on any atom is 0.182 e. The third kappa shape index (κ3) is 6.75. The number of anilines is 2. The second-order valence-electron chi connectivity index (χ2n) is 10.5. The zero-order chi connectivity index (χ0) is 27.6. The maximum atomic E-state index is 14.8. The van der Waals surface area contributed by atoms with E-state index < -0.39 is 29.3 Å². The molecule has 0 amide bonds. The standard InChI is InChI=1S/C29H32F3IN4O2/c30-23-8-7-22(27(26(23)32)35-25-9-6-20(33)14-24(25)31)28(38)37-17-29(39,18-37)16-34-21-10-12-36(13-11-21)15-19-4-2-1-3-5-19/h1-9,14,21,28,34-35,38-39H,10-13,15-18H2. The molecule has 2 heterocycles. The van der Waals surface area contributed by atoms with Crippen molar-refractivity contribution < 1.29 is 23.4 Å². The van der Waals surface area contributed by atoms with Crippen molar-refractivity contribution in [1.82, 2.24) is 15.1 Å². The summed E-state index contributed by atoms with van der Waals surface area (Å²) in [6, 6.07) is 17.2. The summed E-state index contributed by atoms with van der Waals surface area (Å²) in [5.41, 5.74) is -0.0516. The SMILES string of the molecule is OC(c1ccc(F)c(F)c1Nc1ccc(I)cc1F)N1CC(O)(CNC2CCN(Cc3ccccc3)CC2)C1. The Morgan fingerprint density at radius 3 is 2.38 bits per heavy atom. The van der Waals surface area contributed by atoms with E-state index in [0.29, 0.717) is 16.2 Å². The molecule has 208 valence electrons. The van der Waals surface area contributed by atoms with Crippen LogP contribution in [0.1, 0.15) is 30.2 Å². The molecular formula is C29H32F3IN4O2. The summed E-state index contributed by atoms with van der Waals surface area (Å²) in [5, 5.41) is 28.1. The van der Waals surface area contributed by atoms with Crippen molar-refractivity contribution >= 4 is 34.0 Å². The van der Waals surface area contributed by atoms with Crippen LogP contribution < -0.4 is 10.6 Å². The molecule has 3 aromatic rings. The highest BCUT2D eigenvalue weighted by Gasteiger charge is 2.45. The van der Waals surface area contributed by atoms with Gasteiger partial charge in [0.2, 0.25) is 0 Å². The van der Waals surface area contributed by atoms with E-state index in [1.54, 1.807) is 11.0 Å². The van der Waals surface area contributed by atoms with Gasteiger partial charge in [-0.25, -0.2) is 13.2 Å². The lowest BCUT2D eigenvalue weighted by Crippen LogP contribution is -2.67. The fourth-order valence-electron chi connectivity index (χ4n) is 5.30. The van der Waals surface area contributed by atoms with E-state index >= 15 is 0 Å². The smallest absolute Gasteiger partial charge is 0.182 e. The van der Waals surface area contributed by atoms with Crippen LogP contribution >= 0.6 is 22.6 Å². The molecule has 2 aliphatic heterocycles. The van der Waals surface area contributed by atoms with Crippen LogP contribution in [-0.4, -0.2) is 64.4 Å². The van der Waals surface area contributed by atoms with Gasteiger partial charge in [-0.15, -0.1) is 0 Å². The largest absolute Gasteiger partial charge is 0.386 e. The van der Waals surface area contributed by atoms with Crippen molar-refractivity contribution in [2.45, 2.75) is 37.3 Å². The second-order valence-corrected chi connectivity index (χ2v) is 11.7. The number of hydrogen-bond acceptors (Lipinski definition) is 6. The van der Waals surface area contributed by atoms with Crippen LogP contribution in [-0.2, 0) is 6.54 Å². The summed E-state index contributed by atoms with van der Waals surface area (Å²) in [6.45, 7) is 3.57. The average Bonchev–Trinajstić information content (AvgIpc) is 2.91. The number of likely N-dealkylation sites (tertiary alicyclic amines) is 2. The highest BCUT2D eigenvalue weighted by molar-refractivity contribution is 14.1. The first kappa shape index (κ1) is 28.3. The first-order valence-electron chi connectivity index (χ1n) is 13.0. The zero-order valence-corrected chi connectivity index (χ0v) is 23.5. The van der Waals surface area contributed by atoms with Crippen molar-refractivity contribution in [3.05, 3.63) is 92.8 Å². The number of piperidine rings is 1. The summed E-state index contributed by atoms with van der Waals surface area (Å²) in [4.78, 5) is 4.01. The molecule has 6 nitrogen and oxygen atoms in total. The summed E-state index contributed by atoms with van der Waals surface area (Å²) in [5.74, 6) is -2.94. The van der Waals surface area contributed by atoms with Gasteiger partial charge < -0.3 is 20.8 Å². The Balaban J connectivity index is 1.15. The molecule has 3 aromatic carbocycles. The van der Waals surface area contributed by atoms with Gasteiger partial charge in [0.1, 0.15) is 17.6 Å². The minimum atomic E-state index is -1.31. The zero-order valence-electron chi connectivity index (χ0n) is 21.4. The van der Waals surface area contributed by atoms with Crippen LogP contribution in [0.25, 0.3) is 0 Å². The number of halogens is 4. The van der Waals surface area contributed by atoms with E-state index in [9.17, 15) is 23.4 Å². The van der Waals surface area contributed by atoms with Crippen molar-refractivity contribution in [1.29, 1.82) is 0 Å². The van der Waals surface area contributed by atoms with Crippen molar-refractivity contribution in [3.63, 3.8) is 0 Å². The molecule has 2 fully saturated rings. The molecule has 0 saturated carbocycles. The van der Waals surface area contributed by atoms with Gasteiger partial charge in [-0.3, -0.25) is 9.80 Å². The molecule has 4 N–H and O–H groups in total. The molecule has 2 aliphatic rings. The summed E-state index contributed by atoms with van der Waals surface area (Å²) < 4.78 is 43.9. The molecule has 5 rings (SSSR count). The van der Waals surface area contributed by atoms with E-state index in [-0.39, 0.29) is 30.0 Å².